The Balaban J connectivity index is 2.29. The molecular formula is C18H19NO5. The van der Waals surface area contributed by atoms with Gasteiger partial charge < -0.3 is 19.9 Å². The van der Waals surface area contributed by atoms with Crippen LogP contribution in [0, 0.1) is 0 Å². The zero-order chi connectivity index (χ0) is 17.7. The van der Waals surface area contributed by atoms with Crippen LogP contribution in [0.4, 0.5) is 0 Å². The highest BCUT2D eigenvalue weighted by Crippen LogP contribution is 2.27. The van der Waals surface area contributed by atoms with Crippen LogP contribution >= 0.6 is 0 Å². The number of amides is 1. The maximum Gasteiger partial charge on any atom is 0.252 e. The summed E-state index contributed by atoms with van der Waals surface area (Å²) in [5, 5.41) is 0. The van der Waals surface area contributed by atoms with Crippen molar-refractivity contribution in [2.45, 2.75) is 13.5 Å². The van der Waals surface area contributed by atoms with E-state index in [1.807, 2.05) is 0 Å². The van der Waals surface area contributed by atoms with Crippen molar-refractivity contribution in [3.63, 3.8) is 0 Å². The number of carbonyl (C=O) groups excluding carboxylic acids is 2. The molecule has 0 radical (unpaired) electrons. The van der Waals surface area contributed by atoms with E-state index in [9.17, 15) is 9.59 Å². The lowest BCUT2D eigenvalue weighted by Gasteiger charge is -2.14. The van der Waals surface area contributed by atoms with Crippen LogP contribution < -0.4 is 19.9 Å². The Morgan fingerprint density at radius 1 is 1.00 bits per heavy atom. The molecule has 6 nitrogen and oxygen atoms in total. The third-order valence-electron chi connectivity index (χ3n) is 3.52. The van der Waals surface area contributed by atoms with E-state index in [4.69, 9.17) is 19.9 Å². The van der Waals surface area contributed by atoms with Crippen LogP contribution in [0.5, 0.6) is 17.2 Å². The molecule has 0 aromatic heterocycles. The Labute approximate surface area is 140 Å². The minimum absolute atomic E-state index is 0.0545. The number of nitrogens with two attached hydrogens (primary N) is 1. The number of ketones is 1. The minimum atomic E-state index is -0.617. The Bertz CT molecular complexity index is 770. The summed E-state index contributed by atoms with van der Waals surface area (Å²) in [4.78, 5) is 23.1. The summed E-state index contributed by atoms with van der Waals surface area (Å²) in [6, 6.07) is 9.89. The summed E-state index contributed by atoms with van der Waals surface area (Å²) in [5.74, 6) is 0.759. The van der Waals surface area contributed by atoms with Crippen molar-refractivity contribution in [1.82, 2.24) is 0 Å². The van der Waals surface area contributed by atoms with Crippen LogP contribution in [-0.2, 0) is 6.61 Å². The lowest BCUT2D eigenvalue weighted by atomic mass is 10.1. The number of ether oxygens (including phenoxy) is 3. The fourth-order valence-corrected chi connectivity index (χ4v) is 2.22. The first-order valence-electron chi connectivity index (χ1n) is 7.24. The Hall–Kier alpha value is -3.02. The lowest BCUT2D eigenvalue weighted by Crippen LogP contribution is -2.13. The van der Waals surface area contributed by atoms with Crippen molar-refractivity contribution in [2.75, 3.05) is 14.2 Å². The van der Waals surface area contributed by atoms with Crippen LogP contribution in [0.3, 0.4) is 0 Å². The smallest absolute Gasteiger partial charge is 0.252 e. The predicted molar refractivity (Wildman–Crippen MR) is 88.8 cm³/mol. The molecule has 6 heteroatoms. The average molecular weight is 329 g/mol. The zero-order valence-electron chi connectivity index (χ0n) is 13.8. The second-order valence-corrected chi connectivity index (χ2v) is 5.10. The molecule has 0 bridgehead atoms. The molecule has 0 unspecified atom stereocenters. The average Bonchev–Trinajstić information content (AvgIpc) is 2.59. The Morgan fingerprint density at radius 2 is 1.71 bits per heavy atom. The highest BCUT2D eigenvalue weighted by Gasteiger charge is 2.13. The summed E-state index contributed by atoms with van der Waals surface area (Å²) in [7, 11) is 3.03. The molecule has 126 valence electrons. The molecule has 2 rings (SSSR count). The first-order chi connectivity index (χ1) is 11.5. The summed E-state index contributed by atoms with van der Waals surface area (Å²) >= 11 is 0. The first-order valence-corrected chi connectivity index (χ1v) is 7.24. The van der Waals surface area contributed by atoms with E-state index < -0.39 is 5.91 Å². The van der Waals surface area contributed by atoms with Gasteiger partial charge in [0.15, 0.2) is 5.78 Å². The number of methoxy groups -OCH3 is 2. The molecule has 0 saturated heterocycles. The molecule has 0 aliphatic heterocycles. The summed E-state index contributed by atoms with van der Waals surface area (Å²) in [6.45, 7) is 1.61. The SMILES string of the molecule is COc1ccc(OCc2cc(C(C)=O)ccc2OC)c(C(N)=O)c1. The summed E-state index contributed by atoms with van der Waals surface area (Å²) < 4.78 is 16.1. The molecule has 0 atom stereocenters. The van der Waals surface area contributed by atoms with Gasteiger partial charge in [-0.1, -0.05) is 0 Å². The summed E-state index contributed by atoms with van der Waals surface area (Å²) in [6.07, 6.45) is 0. The second-order valence-electron chi connectivity index (χ2n) is 5.10. The van der Waals surface area contributed by atoms with Crippen LogP contribution in [-0.4, -0.2) is 25.9 Å². The summed E-state index contributed by atoms with van der Waals surface area (Å²) in [5.41, 5.74) is 6.85. The third-order valence-corrected chi connectivity index (χ3v) is 3.52. The molecule has 1 amide bonds. The molecule has 0 aliphatic rings. The van der Waals surface area contributed by atoms with Gasteiger partial charge in [-0.3, -0.25) is 9.59 Å². The fourth-order valence-electron chi connectivity index (χ4n) is 2.22. The van der Waals surface area contributed by atoms with Gasteiger partial charge in [-0.15, -0.1) is 0 Å². The van der Waals surface area contributed by atoms with E-state index in [0.717, 1.165) is 0 Å². The molecule has 0 aliphatic carbocycles. The second kappa shape index (κ2) is 7.50. The van der Waals surface area contributed by atoms with Gasteiger partial charge in [-0.2, -0.15) is 0 Å². The topological polar surface area (TPSA) is 87.8 Å². The molecule has 0 fully saturated rings. The van der Waals surface area contributed by atoms with Gasteiger partial charge in [0.25, 0.3) is 5.91 Å². The monoisotopic (exact) mass is 329 g/mol. The van der Waals surface area contributed by atoms with Gasteiger partial charge in [0.05, 0.1) is 19.8 Å². The van der Waals surface area contributed by atoms with Crippen LogP contribution in [0.2, 0.25) is 0 Å². The molecular weight excluding hydrogens is 310 g/mol. The van der Waals surface area contributed by atoms with Crippen molar-refractivity contribution >= 4 is 11.7 Å². The minimum Gasteiger partial charge on any atom is -0.497 e. The predicted octanol–water partition coefficient (Wildman–Crippen LogP) is 2.58. The Kier molecular flexibility index (Phi) is 5.42. The molecule has 24 heavy (non-hydrogen) atoms. The molecule has 2 aromatic carbocycles. The lowest BCUT2D eigenvalue weighted by molar-refractivity contribution is 0.0992. The van der Waals surface area contributed by atoms with E-state index >= 15 is 0 Å². The molecule has 2 N–H and O–H groups in total. The quantitative estimate of drug-likeness (QED) is 0.789. The maximum atomic E-state index is 11.6. The molecule has 2 aromatic rings. The largest absolute Gasteiger partial charge is 0.497 e. The van der Waals surface area contributed by atoms with Gasteiger partial charge >= 0.3 is 0 Å². The van der Waals surface area contributed by atoms with E-state index in [0.29, 0.717) is 28.4 Å². The van der Waals surface area contributed by atoms with Crippen LogP contribution in [0.25, 0.3) is 0 Å². The van der Waals surface area contributed by atoms with Gasteiger partial charge in [0, 0.05) is 11.1 Å². The number of hydrogen-bond acceptors (Lipinski definition) is 5. The van der Waals surface area contributed by atoms with Crippen molar-refractivity contribution in [3.8, 4) is 17.2 Å². The number of rotatable bonds is 7. The van der Waals surface area contributed by atoms with Gasteiger partial charge in [-0.05, 0) is 43.3 Å². The van der Waals surface area contributed by atoms with Gasteiger partial charge in [-0.25, -0.2) is 0 Å². The fraction of sp³-hybridized carbons (Fsp3) is 0.222. The van der Waals surface area contributed by atoms with E-state index in [1.165, 1.54) is 27.2 Å². The maximum absolute atomic E-state index is 11.6. The third kappa shape index (κ3) is 3.84. The highest BCUT2D eigenvalue weighted by atomic mass is 16.5. The Morgan fingerprint density at radius 3 is 2.29 bits per heavy atom. The zero-order valence-corrected chi connectivity index (χ0v) is 13.8. The first kappa shape index (κ1) is 17.3. The van der Waals surface area contributed by atoms with Crippen molar-refractivity contribution in [2.24, 2.45) is 5.73 Å². The normalized spacial score (nSPS) is 10.1. The van der Waals surface area contributed by atoms with E-state index in [2.05, 4.69) is 0 Å². The van der Waals surface area contributed by atoms with Gasteiger partial charge in [0.2, 0.25) is 0 Å². The van der Waals surface area contributed by atoms with Crippen molar-refractivity contribution in [3.05, 3.63) is 53.1 Å². The molecule has 0 spiro atoms. The van der Waals surface area contributed by atoms with Crippen molar-refractivity contribution in [1.29, 1.82) is 0 Å². The number of primary amides is 1. The number of hydrogen-bond donors (Lipinski definition) is 1. The van der Waals surface area contributed by atoms with Crippen molar-refractivity contribution < 1.29 is 23.8 Å². The number of benzene rings is 2. The van der Waals surface area contributed by atoms with Crippen LogP contribution in [0.1, 0.15) is 33.2 Å². The van der Waals surface area contributed by atoms with Crippen LogP contribution in [0.15, 0.2) is 36.4 Å². The molecule has 0 heterocycles. The number of carbonyl (C=O) groups is 2. The standard InChI is InChI=1S/C18H19NO5/c1-11(20)12-4-6-16(23-3)13(8-12)10-24-17-7-5-14(22-2)9-15(17)18(19)21/h4-9H,10H2,1-3H3,(H2,19,21). The molecule has 0 saturated carbocycles. The highest BCUT2D eigenvalue weighted by molar-refractivity contribution is 5.96. The van der Waals surface area contributed by atoms with Gasteiger partial charge in [0.1, 0.15) is 23.9 Å². The van der Waals surface area contributed by atoms with E-state index in [-0.39, 0.29) is 18.0 Å². The van der Waals surface area contributed by atoms with E-state index in [1.54, 1.807) is 30.3 Å². The number of Topliss-reactive ketones (excluding diaryl/α,β-unsaturated/α-hetero) is 1.